The van der Waals surface area contributed by atoms with E-state index in [9.17, 15) is 4.79 Å². The van der Waals surface area contributed by atoms with Crippen LogP contribution in [0.25, 0.3) is 0 Å². The molecule has 0 saturated carbocycles. The molecule has 1 aliphatic rings. The van der Waals surface area contributed by atoms with E-state index in [1.165, 1.54) is 5.56 Å². The third-order valence-electron chi connectivity index (χ3n) is 4.67. The topological polar surface area (TPSA) is 49.6 Å². The molecule has 0 radical (unpaired) electrons. The fourth-order valence-corrected chi connectivity index (χ4v) is 2.87. The number of carbonyl (C=O) groups is 1. The van der Waals surface area contributed by atoms with Gasteiger partial charge in [0.05, 0.1) is 12.6 Å². The maximum Gasteiger partial charge on any atom is 0.236 e. The second kappa shape index (κ2) is 8.51. The molecule has 0 aromatic heterocycles. The Labute approximate surface area is 140 Å². The van der Waals surface area contributed by atoms with Gasteiger partial charge in [-0.05, 0) is 24.8 Å². The summed E-state index contributed by atoms with van der Waals surface area (Å²) >= 11 is 0. The van der Waals surface area contributed by atoms with Crippen LogP contribution in [0.4, 0.5) is 0 Å². The van der Waals surface area contributed by atoms with Crippen LogP contribution in [0.5, 0.6) is 0 Å². The van der Waals surface area contributed by atoms with Crippen molar-refractivity contribution < 1.29 is 4.79 Å². The zero-order valence-corrected chi connectivity index (χ0v) is 14.6. The number of likely N-dealkylation sites (N-methyl/N-ethyl adjacent to an activating group) is 1. The molecule has 3 unspecified atom stereocenters. The van der Waals surface area contributed by atoms with Crippen LogP contribution in [-0.4, -0.2) is 48.4 Å². The van der Waals surface area contributed by atoms with Crippen LogP contribution in [0.3, 0.4) is 0 Å². The predicted molar refractivity (Wildman–Crippen MR) is 93.1 cm³/mol. The third kappa shape index (κ3) is 4.70. The number of hydrogen-bond donors (Lipinski definition) is 1. The van der Waals surface area contributed by atoms with Crippen molar-refractivity contribution in [3.05, 3.63) is 35.9 Å². The number of halogens is 1. The van der Waals surface area contributed by atoms with Gasteiger partial charge in [0, 0.05) is 26.2 Å². The summed E-state index contributed by atoms with van der Waals surface area (Å²) in [7, 11) is 1.89. The van der Waals surface area contributed by atoms with Crippen LogP contribution >= 0.6 is 12.4 Å². The molecule has 0 aliphatic carbocycles. The predicted octanol–water partition coefficient (Wildman–Crippen LogP) is 2.30. The highest BCUT2D eigenvalue weighted by molar-refractivity contribution is 5.85. The molecule has 5 heteroatoms. The molecule has 4 nitrogen and oxygen atoms in total. The van der Waals surface area contributed by atoms with E-state index in [0.717, 1.165) is 19.5 Å². The van der Waals surface area contributed by atoms with E-state index in [-0.39, 0.29) is 30.4 Å². The molecule has 22 heavy (non-hydrogen) atoms. The zero-order valence-electron chi connectivity index (χ0n) is 13.7. The lowest BCUT2D eigenvalue weighted by molar-refractivity contribution is -0.133. The molecule has 1 fully saturated rings. The average molecular weight is 326 g/mol. The van der Waals surface area contributed by atoms with Gasteiger partial charge in [-0.2, -0.15) is 0 Å². The highest BCUT2D eigenvalue weighted by atomic mass is 35.5. The van der Waals surface area contributed by atoms with Crippen LogP contribution in [0.2, 0.25) is 0 Å². The lowest BCUT2D eigenvalue weighted by Crippen LogP contribution is -2.49. The number of carbonyl (C=O) groups excluding carboxylic acids is 1. The Bertz CT molecular complexity index is 468. The molecule has 1 amide bonds. The minimum absolute atomic E-state index is 0. The van der Waals surface area contributed by atoms with Gasteiger partial charge in [0.1, 0.15) is 0 Å². The Hall–Kier alpha value is -1.10. The molecule has 0 spiro atoms. The van der Waals surface area contributed by atoms with Gasteiger partial charge in [0.15, 0.2) is 0 Å². The van der Waals surface area contributed by atoms with Crippen LogP contribution in [0.1, 0.15) is 31.9 Å². The Kier molecular flexibility index (Phi) is 7.33. The second-order valence-corrected chi connectivity index (χ2v) is 6.26. The quantitative estimate of drug-likeness (QED) is 0.924. The number of rotatable bonds is 4. The van der Waals surface area contributed by atoms with Crippen molar-refractivity contribution in [1.29, 1.82) is 0 Å². The summed E-state index contributed by atoms with van der Waals surface area (Å²) in [6.45, 7) is 6.57. The van der Waals surface area contributed by atoms with Crippen molar-refractivity contribution in [1.82, 2.24) is 9.80 Å². The monoisotopic (exact) mass is 325 g/mol. The van der Waals surface area contributed by atoms with E-state index >= 15 is 0 Å². The van der Waals surface area contributed by atoms with Gasteiger partial charge < -0.3 is 10.6 Å². The van der Waals surface area contributed by atoms with E-state index < -0.39 is 0 Å². The number of amides is 1. The first-order valence-electron chi connectivity index (χ1n) is 7.77. The molecule has 1 aromatic rings. The van der Waals surface area contributed by atoms with Crippen molar-refractivity contribution in [2.75, 3.05) is 26.7 Å². The van der Waals surface area contributed by atoms with Gasteiger partial charge in [-0.15, -0.1) is 12.4 Å². The van der Waals surface area contributed by atoms with Gasteiger partial charge in [0.2, 0.25) is 5.91 Å². The van der Waals surface area contributed by atoms with E-state index in [0.29, 0.717) is 12.5 Å². The summed E-state index contributed by atoms with van der Waals surface area (Å²) in [6, 6.07) is 10.5. The zero-order chi connectivity index (χ0) is 15.4. The molecule has 1 aromatic carbocycles. The summed E-state index contributed by atoms with van der Waals surface area (Å²) in [5, 5.41) is 0. The molecule has 0 bridgehead atoms. The fraction of sp³-hybridized carbons (Fsp3) is 0.588. The van der Waals surface area contributed by atoms with E-state index in [4.69, 9.17) is 5.73 Å². The summed E-state index contributed by atoms with van der Waals surface area (Å²) in [4.78, 5) is 16.5. The first kappa shape index (κ1) is 18.9. The van der Waals surface area contributed by atoms with Crippen molar-refractivity contribution in [3.8, 4) is 0 Å². The minimum atomic E-state index is 0. The van der Waals surface area contributed by atoms with Crippen LogP contribution in [-0.2, 0) is 4.79 Å². The highest BCUT2D eigenvalue weighted by Gasteiger charge is 2.26. The Morgan fingerprint density at radius 1 is 1.41 bits per heavy atom. The molecule has 1 aliphatic heterocycles. The number of benzene rings is 1. The summed E-state index contributed by atoms with van der Waals surface area (Å²) in [6.07, 6.45) is 0.979. The van der Waals surface area contributed by atoms with Gasteiger partial charge in [-0.1, -0.05) is 37.3 Å². The first-order chi connectivity index (χ1) is 9.99. The Morgan fingerprint density at radius 3 is 2.64 bits per heavy atom. The summed E-state index contributed by atoms with van der Waals surface area (Å²) in [5.74, 6) is 0.637. The fourth-order valence-electron chi connectivity index (χ4n) is 2.87. The van der Waals surface area contributed by atoms with E-state index in [2.05, 4.69) is 30.9 Å². The molecule has 2 N–H and O–H groups in total. The lowest BCUT2D eigenvalue weighted by Gasteiger charge is -2.36. The second-order valence-electron chi connectivity index (χ2n) is 6.26. The van der Waals surface area contributed by atoms with Crippen LogP contribution < -0.4 is 5.73 Å². The molecule has 124 valence electrons. The van der Waals surface area contributed by atoms with Crippen LogP contribution in [0.15, 0.2) is 30.3 Å². The van der Waals surface area contributed by atoms with Gasteiger partial charge in [0.25, 0.3) is 0 Å². The van der Waals surface area contributed by atoms with Gasteiger partial charge >= 0.3 is 0 Å². The van der Waals surface area contributed by atoms with Crippen LogP contribution in [0, 0.1) is 5.92 Å². The molecular formula is C17H28ClN3O. The van der Waals surface area contributed by atoms with Crippen molar-refractivity contribution in [2.24, 2.45) is 11.7 Å². The lowest BCUT2D eigenvalue weighted by atomic mass is 9.95. The SMILES string of the molecule is CC1CN(CC(=O)N(C)C(C)c2ccccc2)CCC1N.Cl. The normalized spacial score (nSPS) is 23.5. The maximum absolute atomic E-state index is 12.5. The van der Waals surface area contributed by atoms with Crippen molar-refractivity contribution >= 4 is 18.3 Å². The van der Waals surface area contributed by atoms with Gasteiger partial charge in [-0.25, -0.2) is 0 Å². The van der Waals surface area contributed by atoms with E-state index in [1.807, 2.05) is 30.1 Å². The standard InChI is InChI=1S/C17H27N3O.ClH/c1-13-11-20(10-9-16(13)18)12-17(21)19(3)14(2)15-7-5-4-6-8-15;/h4-8,13-14,16H,9-12,18H2,1-3H3;1H. The number of hydrogen-bond acceptors (Lipinski definition) is 3. The number of nitrogens with zero attached hydrogens (tertiary/aromatic N) is 2. The van der Waals surface area contributed by atoms with Crippen molar-refractivity contribution in [3.63, 3.8) is 0 Å². The maximum atomic E-state index is 12.5. The molecule has 2 rings (SSSR count). The first-order valence-corrected chi connectivity index (χ1v) is 7.77. The number of likely N-dealkylation sites (tertiary alicyclic amines) is 1. The Morgan fingerprint density at radius 2 is 2.05 bits per heavy atom. The van der Waals surface area contributed by atoms with Crippen molar-refractivity contribution in [2.45, 2.75) is 32.4 Å². The Balaban J connectivity index is 0.00000242. The van der Waals surface area contributed by atoms with Gasteiger partial charge in [-0.3, -0.25) is 9.69 Å². The average Bonchev–Trinajstić information content (AvgIpc) is 2.50. The highest BCUT2D eigenvalue weighted by Crippen LogP contribution is 2.19. The minimum Gasteiger partial charge on any atom is -0.338 e. The number of nitrogens with two attached hydrogens (primary N) is 1. The van der Waals surface area contributed by atoms with E-state index in [1.54, 1.807) is 0 Å². The third-order valence-corrected chi connectivity index (χ3v) is 4.67. The molecule has 1 heterocycles. The summed E-state index contributed by atoms with van der Waals surface area (Å²) in [5.41, 5.74) is 7.20. The smallest absolute Gasteiger partial charge is 0.236 e. The molecular weight excluding hydrogens is 298 g/mol. The largest absolute Gasteiger partial charge is 0.338 e. The summed E-state index contributed by atoms with van der Waals surface area (Å²) < 4.78 is 0. The molecule has 3 atom stereocenters. The number of piperidine rings is 1. The molecule has 1 saturated heterocycles.